The van der Waals surface area contributed by atoms with Crippen LogP contribution < -0.4 is 25.0 Å². The number of imide groups is 2. The summed E-state index contributed by atoms with van der Waals surface area (Å²) in [5, 5.41) is 14.7. The number of anilines is 1. The molecular weight excluding hydrogens is 704 g/mol. The summed E-state index contributed by atoms with van der Waals surface area (Å²) in [5.41, 5.74) is 1.19. The number of rotatable bonds is 10. The third-order valence-electron chi connectivity index (χ3n) is 10.0. The largest absolute Gasteiger partial charge is 0.492 e. The van der Waals surface area contributed by atoms with Gasteiger partial charge in [-0.25, -0.2) is 9.97 Å². The first-order valence-corrected chi connectivity index (χ1v) is 18.0. The van der Waals surface area contributed by atoms with Crippen LogP contribution in [0, 0.1) is 11.3 Å². The van der Waals surface area contributed by atoms with Crippen molar-refractivity contribution in [1.29, 1.82) is 5.26 Å². The van der Waals surface area contributed by atoms with Crippen molar-refractivity contribution in [1.82, 2.24) is 30.4 Å². The molecule has 1 unspecified atom stereocenters. The second kappa shape index (κ2) is 15.6. The SMILES string of the molecule is N#Cc1ccc(OC2CCC(NC(=O)c3cnc(N4CCN(CCOc5ccc6c(c5)C(=O)N(C5CCC(=O)NC5=O)C6=O)CC4)nc3)CC2)cc1Cl. The molecule has 1 atom stereocenters. The van der Waals surface area contributed by atoms with Crippen molar-refractivity contribution in [2.24, 2.45) is 0 Å². The molecule has 7 rings (SSSR count). The van der Waals surface area contributed by atoms with E-state index in [-0.39, 0.29) is 42.0 Å². The Labute approximate surface area is 310 Å². The molecule has 3 fully saturated rings. The van der Waals surface area contributed by atoms with Gasteiger partial charge in [0, 0.05) is 63.6 Å². The predicted molar refractivity (Wildman–Crippen MR) is 190 cm³/mol. The number of halogens is 1. The van der Waals surface area contributed by atoms with Gasteiger partial charge in [-0.15, -0.1) is 0 Å². The highest BCUT2D eigenvalue weighted by molar-refractivity contribution is 6.31. The first-order valence-electron chi connectivity index (χ1n) is 17.6. The molecule has 5 amide bonds. The molecule has 4 aliphatic rings. The van der Waals surface area contributed by atoms with Gasteiger partial charge in [0.15, 0.2) is 0 Å². The van der Waals surface area contributed by atoms with E-state index in [4.69, 9.17) is 26.3 Å². The Bertz CT molecular complexity index is 1970. The highest BCUT2D eigenvalue weighted by Crippen LogP contribution is 2.31. The van der Waals surface area contributed by atoms with Crippen LogP contribution in [0.1, 0.15) is 75.2 Å². The van der Waals surface area contributed by atoms with E-state index >= 15 is 0 Å². The number of benzene rings is 2. The number of carbonyl (C=O) groups is 5. The van der Waals surface area contributed by atoms with Gasteiger partial charge in [-0.05, 0) is 62.4 Å². The molecule has 53 heavy (non-hydrogen) atoms. The fourth-order valence-corrected chi connectivity index (χ4v) is 7.26. The van der Waals surface area contributed by atoms with Crippen molar-refractivity contribution in [3.8, 4) is 17.6 Å². The fraction of sp³-hybridized carbons (Fsp3) is 0.405. The maximum atomic E-state index is 13.1. The molecule has 2 aromatic carbocycles. The van der Waals surface area contributed by atoms with Gasteiger partial charge in [0.05, 0.1) is 33.4 Å². The van der Waals surface area contributed by atoms with E-state index in [1.165, 1.54) is 12.1 Å². The normalized spacial score (nSPS) is 21.8. The molecule has 1 aromatic heterocycles. The highest BCUT2D eigenvalue weighted by Gasteiger charge is 2.44. The summed E-state index contributed by atoms with van der Waals surface area (Å²) in [6.45, 7) is 3.88. The van der Waals surface area contributed by atoms with Gasteiger partial charge in [-0.1, -0.05) is 11.6 Å². The lowest BCUT2D eigenvalue weighted by Gasteiger charge is -2.34. The number of aromatic nitrogens is 2. The zero-order valence-corrected chi connectivity index (χ0v) is 29.5. The third kappa shape index (κ3) is 7.93. The van der Waals surface area contributed by atoms with Crippen molar-refractivity contribution in [3.63, 3.8) is 0 Å². The number of nitrogens with one attached hydrogen (secondary N) is 2. The van der Waals surface area contributed by atoms with Gasteiger partial charge < -0.3 is 19.7 Å². The lowest BCUT2D eigenvalue weighted by Crippen LogP contribution is -2.54. The van der Waals surface area contributed by atoms with E-state index in [0.717, 1.165) is 43.7 Å². The first-order chi connectivity index (χ1) is 25.7. The minimum absolute atomic E-state index is 0.00844. The molecule has 2 saturated heterocycles. The maximum absolute atomic E-state index is 13.1. The molecule has 1 saturated carbocycles. The zero-order valence-electron chi connectivity index (χ0n) is 28.8. The zero-order chi connectivity index (χ0) is 37.1. The van der Waals surface area contributed by atoms with Gasteiger partial charge in [0.2, 0.25) is 17.8 Å². The number of ether oxygens (including phenoxy) is 2. The number of piperidine rings is 1. The standard InChI is InChI=1S/C37H37ClN8O7/c38-30-18-27(4-1-22(30)19-39)53-25-5-2-24(3-6-25)42-33(48)23-20-40-37(41-21-23)45-13-11-44(12-14-45)15-16-52-26-7-8-28-29(17-26)36(51)46(35(28)50)31-9-10-32(47)43-34(31)49/h1,4,7-8,17-18,20-21,24-25,31H,2-3,5-6,9-16H2,(H,42,48)(H,43,47,49). The molecule has 3 aliphatic heterocycles. The van der Waals surface area contributed by atoms with Crippen molar-refractivity contribution in [3.05, 3.63) is 76.1 Å². The summed E-state index contributed by atoms with van der Waals surface area (Å²) in [5.74, 6) is -0.783. The van der Waals surface area contributed by atoms with Gasteiger partial charge in [-0.2, -0.15) is 5.26 Å². The number of carbonyl (C=O) groups excluding carboxylic acids is 5. The Balaban J connectivity index is 0.822. The molecule has 2 N–H and O–H groups in total. The Kier molecular flexibility index (Phi) is 10.5. The van der Waals surface area contributed by atoms with Crippen molar-refractivity contribution >= 4 is 47.1 Å². The van der Waals surface area contributed by atoms with E-state index in [1.54, 1.807) is 36.7 Å². The van der Waals surface area contributed by atoms with Gasteiger partial charge in [0.1, 0.15) is 30.2 Å². The van der Waals surface area contributed by atoms with Crippen LogP contribution in [-0.2, 0) is 9.59 Å². The van der Waals surface area contributed by atoms with Crippen molar-refractivity contribution in [2.75, 3.05) is 44.2 Å². The average molecular weight is 741 g/mol. The molecule has 0 radical (unpaired) electrons. The Morgan fingerprint density at radius 2 is 1.64 bits per heavy atom. The molecule has 3 aromatic rings. The summed E-state index contributed by atoms with van der Waals surface area (Å²) < 4.78 is 12.0. The van der Waals surface area contributed by atoms with E-state index in [9.17, 15) is 24.0 Å². The van der Waals surface area contributed by atoms with E-state index < -0.39 is 29.7 Å². The number of hydrogen-bond donors (Lipinski definition) is 2. The smallest absolute Gasteiger partial charge is 0.262 e. The molecular formula is C37H37ClN8O7. The number of nitriles is 1. The van der Waals surface area contributed by atoms with Gasteiger partial charge in [0.25, 0.3) is 17.7 Å². The van der Waals surface area contributed by atoms with Crippen molar-refractivity contribution < 1.29 is 33.4 Å². The predicted octanol–water partition coefficient (Wildman–Crippen LogP) is 2.72. The van der Waals surface area contributed by atoms with Crippen LogP contribution in [0.4, 0.5) is 5.95 Å². The fourth-order valence-electron chi connectivity index (χ4n) is 7.05. The van der Waals surface area contributed by atoms with Crippen LogP contribution >= 0.6 is 11.6 Å². The molecule has 16 heteroatoms. The summed E-state index contributed by atoms with van der Waals surface area (Å²) in [6, 6.07) is 10.8. The topological polar surface area (TPSA) is 187 Å². The van der Waals surface area contributed by atoms with Gasteiger partial charge in [-0.3, -0.25) is 39.1 Å². The van der Waals surface area contributed by atoms with Crippen LogP contribution in [-0.4, -0.2) is 107 Å². The van der Waals surface area contributed by atoms with Crippen LogP contribution in [0.3, 0.4) is 0 Å². The Hall–Kier alpha value is -5.59. The van der Waals surface area contributed by atoms with E-state index in [1.807, 2.05) is 6.07 Å². The Morgan fingerprint density at radius 1 is 0.925 bits per heavy atom. The minimum Gasteiger partial charge on any atom is -0.492 e. The van der Waals surface area contributed by atoms with Crippen molar-refractivity contribution in [2.45, 2.75) is 56.7 Å². The van der Waals surface area contributed by atoms with Crippen LogP contribution in [0.25, 0.3) is 0 Å². The molecule has 0 bridgehead atoms. The van der Waals surface area contributed by atoms with Gasteiger partial charge >= 0.3 is 0 Å². The average Bonchev–Trinajstić information content (AvgIpc) is 3.41. The minimum atomic E-state index is -1.02. The summed E-state index contributed by atoms with van der Waals surface area (Å²) >= 11 is 6.13. The number of nitrogens with zero attached hydrogens (tertiary/aromatic N) is 6. The lowest BCUT2D eigenvalue weighted by molar-refractivity contribution is -0.136. The highest BCUT2D eigenvalue weighted by atomic mass is 35.5. The summed E-state index contributed by atoms with van der Waals surface area (Å²) in [4.78, 5) is 77.0. The monoisotopic (exact) mass is 740 g/mol. The third-order valence-corrected chi connectivity index (χ3v) is 10.3. The molecule has 4 heterocycles. The molecule has 15 nitrogen and oxygen atoms in total. The summed E-state index contributed by atoms with van der Waals surface area (Å²) in [6.07, 6.45) is 6.38. The lowest BCUT2D eigenvalue weighted by atomic mass is 9.92. The van der Waals surface area contributed by atoms with Crippen LogP contribution in [0.15, 0.2) is 48.8 Å². The number of fused-ring (bicyclic) bond motifs is 1. The quantitative estimate of drug-likeness (QED) is 0.290. The number of piperazine rings is 1. The van der Waals surface area contributed by atoms with Crippen LogP contribution in [0.2, 0.25) is 5.02 Å². The van der Waals surface area contributed by atoms with E-state index in [0.29, 0.717) is 59.8 Å². The Morgan fingerprint density at radius 3 is 2.34 bits per heavy atom. The second-order valence-electron chi connectivity index (χ2n) is 13.4. The maximum Gasteiger partial charge on any atom is 0.262 e. The van der Waals surface area contributed by atoms with Crippen LogP contribution in [0.5, 0.6) is 11.5 Å². The number of hydrogen-bond acceptors (Lipinski definition) is 12. The number of amides is 5. The molecule has 0 spiro atoms. The van der Waals surface area contributed by atoms with E-state index in [2.05, 4.69) is 30.4 Å². The molecule has 1 aliphatic carbocycles. The molecule has 274 valence electrons. The second-order valence-corrected chi connectivity index (χ2v) is 13.8. The summed E-state index contributed by atoms with van der Waals surface area (Å²) in [7, 11) is 0. The first kappa shape index (κ1) is 35.8.